The van der Waals surface area contributed by atoms with E-state index in [1.54, 1.807) is 35.8 Å². The van der Waals surface area contributed by atoms with Crippen molar-refractivity contribution >= 4 is 34.8 Å². The van der Waals surface area contributed by atoms with Gasteiger partial charge in [0.15, 0.2) is 0 Å². The lowest BCUT2D eigenvalue weighted by Gasteiger charge is -2.03. The van der Waals surface area contributed by atoms with Crippen molar-refractivity contribution in [2.45, 2.75) is 6.92 Å². The minimum Gasteiger partial charge on any atom is -0.478 e. The van der Waals surface area contributed by atoms with E-state index in [2.05, 4.69) is 0 Å². The highest BCUT2D eigenvalue weighted by atomic mass is 16.4. The Labute approximate surface area is 176 Å². The molecule has 31 heavy (non-hydrogen) atoms. The normalized spacial score (nSPS) is 10.4. The van der Waals surface area contributed by atoms with E-state index < -0.39 is 17.8 Å². The van der Waals surface area contributed by atoms with E-state index in [0.29, 0.717) is 16.7 Å². The summed E-state index contributed by atoms with van der Waals surface area (Å²) in [5.74, 6) is -2.84. The molecule has 2 aromatic carbocycles. The fourth-order valence-corrected chi connectivity index (χ4v) is 3.03. The lowest BCUT2D eigenvalue weighted by molar-refractivity contribution is 0.0695. The molecular weight excluding hydrogens is 400 g/mol. The van der Waals surface area contributed by atoms with Crippen molar-refractivity contribution in [3.63, 3.8) is 0 Å². The Morgan fingerprint density at radius 1 is 0.710 bits per heavy atom. The Morgan fingerprint density at radius 3 is 1.65 bits per heavy atom. The van der Waals surface area contributed by atoms with Gasteiger partial charge in [0.1, 0.15) is 0 Å². The van der Waals surface area contributed by atoms with Crippen LogP contribution in [-0.2, 0) is 0 Å². The molecule has 156 valence electrons. The van der Waals surface area contributed by atoms with Gasteiger partial charge in [-0.2, -0.15) is 0 Å². The average Bonchev–Trinajstić information content (AvgIpc) is 3.34. The summed E-state index contributed by atoms with van der Waals surface area (Å²) in [6.45, 7) is 1.62. The van der Waals surface area contributed by atoms with Crippen molar-refractivity contribution in [2.24, 2.45) is 5.73 Å². The fraction of sp³-hybridized carbons (Fsp3) is 0.0435. The van der Waals surface area contributed by atoms with Gasteiger partial charge in [0, 0.05) is 22.2 Å². The number of aromatic nitrogens is 1. The fourth-order valence-electron chi connectivity index (χ4n) is 3.03. The third-order valence-electron chi connectivity index (χ3n) is 4.70. The van der Waals surface area contributed by atoms with Gasteiger partial charge in [-0.3, -0.25) is 14.2 Å². The molecule has 4 rings (SSSR count). The van der Waals surface area contributed by atoms with Gasteiger partial charge >= 0.3 is 11.9 Å². The minimum atomic E-state index is -1.12. The number of carboxylic acid groups (broad SMARTS) is 2. The molecular formula is C23H18N2O6. The molecule has 0 radical (unpaired) electrons. The molecule has 0 spiro atoms. The SMILES string of the molecule is Cc1ccc(C(=O)O)cc1C(=O)O.NC(=O)c1ccc(C(=O)n2c3ccc2cc3)cc1. The first-order chi connectivity index (χ1) is 14.7. The number of hydrogen-bond acceptors (Lipinski definition) is 4. The molecule has 0 unspecified atom stereocenters. The first kappa shape index (κ1) is 21.3. The third kappa shape index (κ3) is 4.43. The van der Waals surface area contributed by atoms with Crippen LogP contribution in [0.4, 0.5) is 0 Å². The smallest absolute Gasteiger partial charge is 0.335 e. The Hall–Kier alpha value is -4.46. The van der Waals surface area contributed by atoms with E-state index >= 15 is 0 Å². The van der Waals surface area contributed by atoms with Crippen molar-refractivity contribution in [3.05, 3.63) is 94.5 Å². The molecule has 2 aromatic heterocycles. The molecule has 8 nitrogen and oxygen atoms in total. The second-order valence-corrected chi connectivity index (χ2v) is 6.74. The largest absolute Gasteiger partial charge is 0.478 e. The number of nitrogens with two attached hydrogens (primary N) is 1. The predicted molar refractivity (Wildman–Crippen MR) is 113 cm³/mol. The number of rotatable bonds is 4. The Bertz CT molecular complexity index is 1240. The van der Waals surface area contributed by atoms with E-state index in [0.717, 1.165) is 17.1 Å². The highest BCUT2D eigenvalue weighted by molar-refractivity contribution is 6.04. The molecule has 1 amide bonds. The number of primary amides is 1. The molecule has 0 saturated carbocycles. The maximum Gasteiger partial charge on any atom is 0.335 e. The molecule has 2 heterocycles. The molecule has 0 aliphatic carbocycles. The number of hydrogen-bond donors (Lipinski definition) is 3. The van der Waals surface area contributed by atoms with Gasteiger partial charge < -0.3 is 15.9 Å². The molecule has 4 N–H and O–H groups in total. The summed E-state index contributed by atoms with van der Waals surface area (Å²) in [4.78, 5) is 44.3. The van der Waals surface area contributed by atoms with Crippen LogP contribution >= 0.6 is 0 Å². The van der Waals surface area contributed by atoms with Gasteiger partial charge in [-0.15, -0.1) is 0 Å². The maximum atomic E-state index is 12.3. The van der Waals surface area contributed by atoms with E-state index in [1.807, 2.05) is 24.3 Å². The second-order valence-electron chi connectivity index (χ2n) is 6.74. The lowest BCUT2D eigenvalue weighted by atomic mass is 10.1. The zero-order chi connectivity index (χ0) is 22.7. The standard InChI is InChI=1S/C14H10N2O2.C9H8O4/c15-13(17)9-1-3-10(4-2-9)14(18)16-11-5-6-12(16)8-7-11;1-5-2-3-6(8(10)11)4-7(5)9(12)13/h1-8H,(H2,15,17);2-4H,1H3,(H,10,11)(H,12,13). The summed E-state index contributed by atoms with van der Waals surface area (Å²) < 4.78 is 1.64. The maximum absolute atomic E-state index is 12.3. The number of benzene rings is 3. The van der Waals surface area contributed by atoms with Crippen molar-refractivity contribution < 1.29 is 29.4 Å². The zero-order valence-electron chi connectivity index (χ0n) is 16.4. The quantitative estimate of drug-likeness (QED) is 0.465. The number of carbonyl (C=O) groups excluding carboxylic acids is 2. The molecule has 0 aliphatic heterocycles. The molecule has 4 aromatic rings. The van der Waals surface area contributed by atoms with Crippen LogP contribution in [0.2, 0.25) is 0 Å². The van der Waals surface area contributed by atoms with Crippen LogP contribution in [0.5, 0.6) is 0 Å². The topological polar surface area (TPSA) is 140 Å². The number of nitrogens with zero attached hydrogens (tertiary/aromatic N) is 1. The molecule has 8 heteroatoms. The van der Waals surface area contributed by atoms with Gasteiger partial charge in [-0.1, -0.05) is 6.07 Å². The van der Waals surface area contributed by atoms with Crippen LogP contribution in [0.25, 0.3) is 11.0 Å². The van der Waals surface area contributed by atoms with E-state index in [1.165, 1.54) is 12.1 Å². The van der Waals surface area contributed by atoms with Crippen LogP contribution in [0.3, 0.4) is 0 Å². The monoisotopic (exact) mass is 418 g/mol. The molecule has 2 bridgehead atoms. The summed E-state index contributed by atoms with van der Waals surface area (Å²) >= 11 is 0. The van der Waals surface area contributed by atoms with Crippen molar-refractivity contribution in [2.75, 3.05) is 0 Å². The van der Waals surface area contributed by atoms with E-state index in [-0.39, 0.29) is 17.0 Å². The predicted octanol–water partition coefficient (Wildman–Crippen LogP) is 3.26. The number of aryl methyl sites for hydroxylation is 1. The van der Waals surface area contributed by atoms with Crippen LogP contribution in [0.1, 0.15) is 47.0 Å². The van der Waals surface area contributed by atoms with Crippen LogP contribution < -0.4 is 5.73 Å². The summed E-state index contributed by atoms with van der Waals surface area (Å²) in [6.07, 6.45) is 0. The van der Waals surface area contributed by atoms with Crippen LogP contribution in [0.15, 0.2) is 66.7 Å². The Balaban J connectivity index is 0.000000187. The van der Waals surface area contributed by atoms with Gasteiger partial charge in [0.05, 0.1) is 11.1 Å². The van der Waals surface area contributed by atoms with Crippen molar-refractivity contribution in [1.82, 2.24) is 4.57 Å². The summed E-state index contributed by atoms with van der Waals surface area (Å²) in [6, 6.07) is 17.9. The molecule has 0 fully saturated rings. The van der Waals surface area contributed by atoms with Crippen molar-refractivity contribution in [3.8, 4) is 0 Å². The van der Waals surface area contributed by atoms with Gasteiger partial charge in [-0.25, -0.2) is 9.59 Å². The first-order valence-electron chi connectivity index (χ1n) is 9.10. The third-order valence-corrected chi connectivity index (χ3v) is 4.70. The molecule has 0 saturated heterocycles. The lowest BCUT2D eigenvalue weighted by Crippen LogP contribution is -2.13. The van der Waals surface area contributed by atoms with Crippen molar-refractivity contribution in [1.29, 1.82) is 0 Å². The highest BCUT2D eigenvalue weighted by Crippen LogP contribution is 2.19. The summed E-state index contributed by atoms with van der Waals surface area (Å²) in [7, 11) is 0. The van der Waals surface area contributed by atoms with Crippen LogP contribution in [0, 0.1) is 6.92 Å². The molecule has 0 atom stereocenters. The van der Waals surface area contributed by atoms with E-state index in [9.17, 15) is 19.2 Å². The molecule has 0 aliphatic rings. The Kier molecular flexibility index (Phi) is 5.83. The number of fused-ring (bicyclic) bond motifs is 2. The average molecular weight is 418 g/mol. The van der Waals surface area contributed by atoms with Gasteiger partial charge in [-0.05, 0) is 73.2 Å². The first-order valence-corrected chi connectivity index (χ1v) is 9.10. The number of carbonyl (C=O) groups is 4. The number of carboxylic acids is 2. The number of aromatic carboxylic acids is 2. The highest BCUT2D eigenvalue weighted by Gasteiger charge is 2.14. The minimum absolute atomic E-state index is 0.0111. The van der Waals surface area contributed by atoms with E-state index in [4.69, 9.17) is 15.9 Å². The van der Waals surface area contributed by atoms with Crippen LogP contribution in [-0.4, -0.2) is 38.5 Å². The summed E-state index contributed by atoms with van der Waals surface area (Å²) in [5, 5.41) is 17.3. The zero-order valence-corrected chi connectivity index (χ0v) is 16.4. The Morgan fingerprint density at radius 2 is 1.19 bits per heavy atom. The summed E-state index contributed by atoms with van der Waals surface area (Å²) in [5.41, 5.74) is 8.39. The van der Waals surface area contributed by atoms with Gasteiger partial charge in [0.2, 0.25) is 5.91 Å². The number of amides is 1. The second kappa shape index (κ2) is 8.50. The van der Waals surface area contributed by atoms with Gasteiger partial charge in [0.25, 0.3) is 5.91 Å².